The first kappa shape index (κ1) is 48.7. The number of amides is 3. The minimum Gasteiger partial charge on any atom is -0.379 e. The van der Waals surface area contributed by atoms with Crippen LogP contribution in [-0.4, -0.2) is 132 Å². The first-order valence-electron chi connectivity index (χ1n) is 22.7. The van der Waals surface area contributed by atoms with Crippen LogP contribution in [0.2, 0.25) is 0 Å². The van der Waals surface area contributed by atoms with Crippen LogP contribution in [-0.2, 0) is 23.8 Å². The monoisotopic (exact) mass is 937 g/mol. The van der Waals surface area contributed by atoms with Gasteiger partial charge in [0.05, 0.1) is 87.0 Å². The number of aromatic nitrogens is 5. The Morgan fingerprint density at radius 3 is 2.21 bits per heavy atom. The summed E-state index contributed by atoms with van der Waals surface area (Å²) in [6.45, 7) is 12.6. The number of hydrogen-bond donors (Lipinski definition) is 4. The molecule has 0 bridgehead atoms. The predicted octanol–water partition coefficient (Wildman–Crippen LogP) is 5.20. The minimum atomic E-state index is -0.351. The Hall–Kier alpha value is -6.19. The quantitative estimate of drug-likeness (QED) is 0.0517. The molecule has 2 fully saturated rings. The van der Waals surface area contributed by atoms with Crippen LogP contribution in [0.15, 0.2) is 53.6 Å². The number of rotatable bonds is 22. The molecule has 1 aliphatic carbocycles. The highest BCUT2D eigenvalue weighted by molar-refractivity contribution is 7.15. The van der Waals surface area contributed by atoms with Gasteiger partial charge in [-0.3, -0.25) is 38.8 Å². The maximum atomic E-state index is 13.6. The highest BCUT2D eigenvalue weighted by Crippen LogP contribution is 2.32. The largest absolute Gasteiger partial charge is 0.379 e. The second kappa shape index (κ2) is 23.5. The molecule has 2 aliphatic rings. The van der Waals surface area contributed by atoms with Gasteiger partial charge >= 0.3 is 0 Å². The van der Waals surface area contributed by atoms with E-state index in [9.17, 15) is 24.0 Å². The normalized spacial score (nSPS) is 14.4. The molecule has 20 heteroatoms. The molecule has 1 aromatic carbocycles. The Morgan fingerprint density at radius 1 is 0.806 bits per heavy atom. The van der Waals surface area contributed by atoms with E-state index in [-0.39, 0.29) is 53.7 Å². The first-order chi connectivity index (χ1) is 32.4. The second-order valence-electron chi connectivity index (χ2n) is 16.5. The first-order valence-corrected chi connectivity index (χ1v) is 23.5. The van der Waals surface area contributed by atoms with Crippen molar-refractivity contribution < 1.29 is 33.4 Å². The average Bonchev–Trinajstić information content (AvgIpc) is 3.95. The molecule has 0 spiro atoms. The zero-order valence-corrected chi connectivity index (χ0v) is 39.3. The minimum absolute atomic E-state index is 0.00563. The van der Waals surface area contributed by atoms with Crippen LogP contribution in [0.1, 0.15) is 81.9 Å². The number of fused-ring (bicyclic) bond motifs is 1. The van der Waals surface area contributed by atoms with Crippen molar-refractivity contribution in [3.8, 4) is 0 Å². The van der Waals surface area contributed by atoms with Gasteiger partial charge in [-0.1, -0.05) is 25.0 Å². The number of nitrogens with zero attached hydrogens (tertiary/aromatic N) is 7. The summed E-state index contributed by atoms with van der Waals surface area (Å²) >= 11 is 1.40. The standard InChI is InChI=1S/C47H59N11O8S/c1-30-37-28-50-46(54-43(37)58(34-9-5-6-10-34)45(63)42(30)32(3)59)53-39-14-13-35(27-49-39)57-19-17-56(18-20-57)29-41(61)48-16-22-65-24-26-66-25-23-64-21-15-40(60)52-38-12-8-7-11-36(38)44(62)55-47-51-31(2)33(4)67-47/h7-8,11-14,27-28,34H,5-6,9-10,15-26,29H2,1-4H3,(H,48,61)(H,52,60)(H,51,55,62)(H,49,50,53,54). The molecular formula is C47H59N11O8S. The summed E-state index contributed by atoms with van der Waals surface area (Å²) in [7, 11) is 0. The van der Waals surface area contributed by atoms with E-state index in [1.54, 1.807) is 48.1 Å². The molecule has 0 radical (unpaired) electrons. The summed E-state index contributed by atoms with van der Waals surface area (Å²) in [4.78, 5) is 87.7. The van der Waals surface area contributed by atoms with Crippen molar-refractivity contribution in [2.45, 2.75) is 65.8 Å². The third kappa shape index (κ3) is 13.0. The molecule has 1 saturated carbocycles. The number of ether oxygens (including phenoxy) is 3. The van der Waals surface area contributed by atoms with E-state index in [0.29, 0.717) is 90.9 Å². The van der Waals surface area contributed by atoms with Crippen LogP contribution in [0.5, 0.6) is 0 Å². The second-order valence-corrected chi connectivity index (χ2v) is 17.7. The van der Waals surface area contributed by atoms with Crippen LogP contribution in [0, 0.1) is 20.8 Å². The van der Waals surface area contributed by atoms with Gasteiger partial charge in [0.25, 0.3) is 11.5 Å². The van der Waals surface area contributed by atoms with Crippen LogP contribution >= 0.6 is 11.3 Å². The van der Waals surface area contributed by atoms with Gasteiger partial charge in [-0.25, -0.2) is 15.0 Å². The van der Waals surface area contributed by atoms with Crippen molar-refractivity contribution in [3.63, 3.8) is 0 Å². The number of para-hydroxylation sites is 1. The molecule has 1 saturated heterocycles. The van der Waals surface area contributed by atoms with Gasteiger partial charge in [-0.2, -0.15) is 4.98 Å². The van der Waals surface area contributed by atoms with Crippen LogP contribution < -0.4 is 31.7 Å². The molecule has 5 heterocycles. The predicted molar refractivity (Wildman–Crippen MR) is 257 cm³/mol. The lowest BCUT2D eigenvalue weighted by Crippen LogP contribution is -2.49. The van der Waals surface area contributed by atoms with E-state index in [1.807, 2.05) is 26.0 Å². The lowest BCUT2D eigenvalue weighted by Gasteiger charge is -2.35. The number of ketones is 1. The Balaban J connectivity index is 0.725. The highest BCUT2D eigenvalue weighted by Gasteiger charge is 2.26. The maximum Gasteiger partial charge on any atom is 0.263 e. The van der Waals surface area contributed by atoms with Crippen molar-refractivity contribution in [2.75, 3.05) is 99.8 Å². The van der Waals surface area contributed by atoms with Crippen LogP contribution in [0.3, 0.4) is 0 Å². The third-order valence-corrected chi connectivity index (χ3v) is 12.8. The molecular weight excluding hydrogens is 879 g/mol. The van der Waals surface area contributed by atoms with E-state index in [4.69, 9.17) is 19.2 Å². The van der Waals surface area contributed by atoms with Gasteiger partial charge in [0.15, 0.2) is 10.9 Å². The maximum absolute atomic E-state index is 13.6. The molecule has 4 N–H and O–H groups in total. The molecule has 5 aromatic rings. The van der Waals surface area contributed by atoms with Crippen molar-refractivity contribution in [1.82, 2.24) is 34.7 Å². The van der Waals surface area contributed by atoms with E-state index in [0.717, 1.165) is 68.1 Å². The van der Waals surface area contributed by atoms with Gasteiger partial charge in [0, 0.05) is 55.2 Å². The molecule has 0 atom stereocenters. The smallest absolute Gasteiger partial charge is 0.263 e. The number of hydrogen-bond acceptors (Lipinski definition) is 16. The van der Waals surface area contributed by atoms with Crippen molar-refractivity contribution in [1.29, 1.82) is 0 Å². The fourth-order valence-electron chi connectivity index (χ4n) is 8.16. The molecule has 0 unspecified atom stereocenters. The van der Waals surface area contributed by atoms with Crippen molar-refractivity contribution in [2.24, 2.45) is 0 Å². The van der Waals surface area contributed by atoms with Gasteiger partial charge in [-0.15, -0.1) is 11.3 Å². The molecule has 1 aliphatic heterocycles. The van der Waals surface area contributed by atoms with E-state index in [2.05, 4.69) is 46.0 Å². The van der Waals surface area contributed by atoms with Gasteiger partial charge in [0.2, 0.25) is 17.8 Å². The summed E-state index contributed by atoms with van der Waals surface area (Å²) in [5.74, 6) is -0.0636. The lowest BCUT2D eigenvalue weighted by atomic mass is 10.0. The number of piperazine rings is 1. The summed E-state index contributed by atoms with van der Waals surface area (Å²) in [5, 5.41) is 12.9. The average molecular weight is 938 g/mol. The number of aryl methyl sites for hydroxylation is 3. The fourth-order valence-corrected chi connectivity index (χ4v) is 8.97. The SMILES string of the molecule is CC(=O)c1c(C)c2cnc(Nc3ccc(N4CCN(CC(=O)NCCOCCOCCOCCC(=O)Nc5ccccc5C(=O)Nc5nc(C)c(C)s5)CC4)cn3)nc2n(C2CCCC2)c1=O. The number of thiazole rings is 1. The summed E-state index contributed by atoms with van der Waals surface area (Å²) in [6.07, 6.45) is 7.38. The fraction of sp³-hybridized carbons (Fsp3) is 0.468. The van der Waals surface area contributed by atoms with Crippen LogP contribution in [0.25, 0.3) is 11.0 Å². The third-order valence-electron chi connectivity index (χ3n) is 11.8. The topological polar surface area (TPSA) is 224 Å². The van der Waals surface area contributed by atoms with Crippen LogP contribution in [0.4, 0.5) is 28.3 Å². The zero-order valence-electron chi connectivity index (χ0n) is 38.5. The van der Waals surface area contributed by atoms with Gasteiger partial charge < -0.3 is 35.1 Å². The number of benzene rings is 1. The zero-order chi connectivity index (χ0) is 47.3. The number of anilines is 5. The molecule has 3 amide bonds. The summed E-state index contributed by atoms with van der Waals surface area (Å²) < 4.78 is 18.4. The number of pyridine rings is 2. The van der Waals surface area contributed by atoms with Crippen molar-refractivity contribution >= 4 is 74.1 Å². The van der Waals surface area contributed by atoms with E-state index in [1.165, 1.54) is 18.3 Å². The Kier molecular flexibility index (Phi) is 17.1. The number of carbonyl (C=O) groups is 4. The van der Waals surface area contributed by atoms with E-state index >= 15 is 0 Å². The lowest BCUT2D eigenvalue weighted by molar-refractivity contribution is -0.122. The Labute approximate surface area is 393 Å². The van der Waals surface area contributed by atoms with Crippen molar-refractivity contribution in [3.05, 3.63) is 86.4 Å². The summed E-state index contributed by atoms with van der Waals surface area (Å²) in [6, 6.07) is 10.7. The molecule has 67 heavy (non-hydrogen) atoms. The molecule has 4 aromatic heterocycles. The number of Topliss-reactive ketones (excluding diaryl/α,β-unsaturated/α-hetero) is 1. The number of carbonyl (C=O) groups excluding carboxylic acids is 4. The Bertz CT molecular complexity index is 2570. The van der Waals surface area contributed by atoms with E-state index < -0.39 is 0 Å². The Morgan fingerprint density at radius 2 is 1.52 bits per heavy atom. The highest BCUT2D eigenvalue weighted by atomic mass is 32.1. The number of nitrogens with one attached hydrogen (secondary N) is 4. The summed E-state index contributed by atoms with van der Waals surface area (Å²) in [5.41, 5.74) is 3.61. The van der Waals surface area contributed by atoms with Gasteiger partial charge in [-0.05, 0) is 70.4 Å². The molecule has 356 valence electrons. The molecule has 19 nitrogen and oxygen atoms in total. The van der Waals surface area contributed by atoms with Gasteiger partial charge in [0.1, 0.15) is 11.5 Å². The molecule has 7 rings (SSSR count).